The number of methoxy groups -OCH3 is 1. The number of benzene rings is 1. The minimum absolute atomic E-state index is 0.170. The van der Waals surface area contributed by atoms with Crippen molar-refractivity contribution in [3.8, 4) is 11.5 Å². The van der Waals surface area contributed by atoms with Gasteiger partial charge in [0, 0.05) is 18.1 Å². The molecule has 1 heterocycles. The van der Waals surface area contributed by atoms with Gasteiger partial charge in [0.25, 0.3) is 0 Å². The molecule has 0 aliphatic heterocycles. The van der Waals surface area contributed by atoms with Crippen LogP contribution in [0.4, 0.5) is 0 Å². The topological polar surface area (TPSA) is 54.4 Å². The lowest BCUT2D eigenvalue weighted by Gasteiger charge is -2.14. The molecule has 0 radical (unpaired) electrons. The van der Waals surface area contributed by atoms with E-state index >= 15 is 0 Å². The first-order valence-corrected chi connectivity index (χ1v) is 7.11. The molecule has 4 nitrogen and oxygen atoms in total. The fourth-order valence-electron chi connectivity index (χ4n) is 1.90. The van der Waals surface area contributed by atoms with Gasteiger partial charge >= 0.3 is 0 Å². The highest BCUT2D eigenvalue weighted by molar-refractivity contribution is 7.09. The van der Waals surface area contributed by atoms with E-state index < -0.39 is 0 Å². The monoisotopic (exact) mass is 278 g/mol. The van der Waals surface area contributed by atoms with Gasteiger partial charge in [0.2, 0.25) is 0 Å². The lowest BCUT2D eigenvalue weighted by molar-refractivity contribution is 0.372. The van der Waals surface area contributed by atoms with E-state index in [1.54, 1.807) is 30.6 Å². The molecule has 0 aliphatic rings. The van der Waals surface area contributed by atoms with Crippen LogP contribution < -0.4 is 10.1 Å². The fourth-order valence-corrected chi connectivity index (χ4v) is 2.70. The third-order valence-corrected chi connectivity index (χ3v) is 3.84. The van der Waals surface area contributed by atoms with Crippen molar-refractivity contribution >= 4 is 11.3 Å². The fraction of sp³-hybridized carbons (Fsp3) is 0.357. The van der Waals surface area contributed by atoms with Crippen LogP contribution in [0.2, 0.25) is 0 Å². The summed E-state index contributed by atoms with van der Waals surface area (Å²) >= 11 is 1.66. The minimum atomic E-state index is 0.170. The first kappa shape index (κ1) is 13.8. The number of phenols is 1. The van der Waals surface area contributed by atoms with Crippen molar-refractivity contribution in [3.63, 3.8) is 0 Å². The summed E-state index contributed by atoms with van der Waals surface area (Å²) in [5.41, 5.74) is 1.02. The Hall–Kier alpha value is -1.59. The summed E-state index contributed by atoms with van der Waals surface area (Å²) in [6.45, 7) is 2.82. The Morgan fingerprint density at radius 3 is 2.89 bits per heavy atom. The van der Waals surface area contributed by atoms with Gasteiger partial charge in [0.1, 0.15) is 5.01 Å². The van der Waals surface area contributed by atoms with E-state index in [2.05, 4.69) is 17.2 Å². The van der Waals surface area contributed by atoms with Gasteiger partial charge in [-0.1, -0.05) is 13.0 Å². The van der Waals surface area contributed by atoms with E-state index in [9.17, 15) is 5.11 Å². The number of aromatic nitrogens is 1. The molecule has 0 aliphatic carbocycles. The van der Waals surface area contributed by atoms with Crippen LogP contribution in [0, 0.1) is 0 Å². The average molecular weight is 278 g/mol. The highest BCUT2D eigenvalue weighted by atomic mass is 32.1. The number of rotatable bonds is 6. The highest BCUT2D eigenvalue weighted by Gasteiger charge is 2.11. The number of thiazole rings is 1. The van der Waals surface area contributed by atoms with Crippen molar-refractivity contribution in [3.05, 3.63) is 40.3 Å². The third kappa shape index (κ3) is 3.45. The van der Waals surface area contributed by atoms with Crippen LogP contribution in [0.5, 0.6) is 11.5 Å². The molecule has 0 amide bonds. The van der Waals surface area contributed by atoms with Crippen LogP contribution in [0.25, 0.3) is 0 Å². The molecule has 2 rings (SSSR count). The molecule has 0 bridgehead atoms. The minimum Gasteiger partial charge on any atom is -0.504 e. The second kappa shape index (κ2) is 6.54. The largest absolute Gasteiger partial charge is 0.504 e. The second-order valence-electron chi connectivity index (χ2n) is 4.22. The van der Waals surface area contributed by atoms with Crippen LogP contribution >= 0.6 is 11.3 Å². The number of hydrogen-bond donors (Lipinski definition) is 2. The zero-order valence-electron chi connectivity index (χ0n) is 11.1. The molecule has 102 valence electrons. The first-order chi connectivity index (χ1) is 9.24. The van der Waals surface area contributed by atoms with E-state index in [0.717, 1.165) is 17.0 Å². The molecule has 2 N–H and O–H groups in total. The Labute approximate surface area is 117 Å². The molecule has 1 atom stereocenters. The Morgan fingerprint density at radius 1 is 1.47 bits per heavy atom. The van der Waals surface area contributed by atoms with Gasteiger partial charge in [-0.3, -0.25) is 0 Å². The molecule has 2 aromatic rings. The summed E-state index contributed by atoms with van der Waals surface area (Å²) in [6.07, 6.45) is 2.80. The maximum absolute atomic E-state index is 9.73. The van der Waals surface area contributed by atoms with E-state index in [-0.39, 0.29) is 11.8 Å². The molecular formula is C14H18N2O2S. The number of nitrogens with one attached hydrogen (secondary N) is 1. The van der Waals surface area contributed by atoms with Gasteiger partial charge in [-0.05, 0) is 24.1 Å². The summed E-state index contributed by atoms with van der Waals surface area (Å²) in [5.74, 6) is 0.666. The van der Waals surface area contributed by atoms with Crippen LogP contribution in [-0.4, -0.2) is 17.2 Å². The van der Waals surface area contributed by atoms with Crippen LogP contribution in [0.3, 0.4) is 0 Å². The predicted octanol–water partition coefficient (Wildman–Crippen LogP) is 3.10. The van der Waals surface area contributed by atoms with Crippen LogP contribution in [-0.2, 0) is 6.54 Å². The molecule has 1 unspecified atom stereocenters. The van der Waals surface area contributed by atoms with E-state index in [4.69, 9.17) is 4.74 Å². The Balaban J connectivity index is 1.99. The standard InChI is InChI=1S/C14H18N2O2S/c1-3-11(14-15-6-7-19-14)16-9-10-4-5-13(18-2)12(17)8-10/h4-8,11,16-17H,3,9H2,1-2H3. The van der Waals surface area contributed by atoms with E-state index in [1.807, 2.05) is 17.6 Å². The molecule has 0 fully saturated rings. The van der Waals surface area contributed by atoms with Crippen molar-refractivity contribution in [1.82, 2.24) is 10.3 Å². The third-order valence-electron chi connectivity index (χ3n) is 2.95. The van der Waals surface area contributed by atoms with E-state index in [1.165, 1.54) is 0 Å². The van der Waals surface area contributed by atoms with Gasteiger partial charge in [0.15, 0.2) is 11.5 Å². The molecule has 1 aromatic carbocycles. The van der Waals surface area contributed by atoms with Gasteiger partial charge in [0.05, 0.1) is 13.2 Å². The number of hydrogen-bond acceptors (Lipinski definition) is 5. The van der Waals surface area contributed by atoms with Crippen molar-refractivity contribution in [2.75, 3.05) is 7.11 Å². The molecule has 5 heteroatoms. The van der Waals surface area contributed by atoms with Crippen LogP contribution in [0.1, 0.15) is 30.0 Å². The zero-order valence-corrected chi connectivity index (χ0v) is 11.9. The van der Waals surface area contributed by atoms with Crippen molar-refractivity contribution < 1.29 is 9.84 Å². The number of ether oxygens (including phenoxy) is 1. The molecule has 0 spiro atoms. The average Bonchev–Trinajstić information content (AvgIpc) is 2.94. The summed E-state index contributed by atoms with van der Waals surface area (Å²) in [6, 6.07) is 5.70. The lowest BCUT2D eigenvalue weighted by atomic mass is 10.1. The van der Waals surface area contributed by atoms with Crippen molar-refractivity contribution in [2.24, 2.45) is 0 Å². The van der Waals surface area contributed by atoms with Gasteiger partial charge in [-0.25, -0.2) is 4.98 Å². The van der Waals surface area contributed by atoms with E-state index in [0.29, 0.717) is 12.3 Å². The Morgan fingerprint density at radius 2 is 2.32 bits per heavy atom. The Kier molecular flexibility index (Phi) is 4.76. The second-order valence-corrected chi connectivity index (χ2v) is 5.14. The Bertz CT molecular complexity index is 514. The normalized spacial score (nSPS) is 12.3. The van der Waals surface area contributed by atoms with Crippen molar-refractivity contribution in [2.45, 2.75) is 25.9 Å². The summed E-state index contributed by atoms with van der Waals surface area (Å²) in [5, 5.41) is 16.3. The zero-order chi connectivity index (χ0) is 13.7. The maximum atomic E-state index is 9.73. The molecular weight excluding hydrogens is 260 g/mol. The molecule has 0 saturated heterocycles. The predicted molar refractivity (Wildman–Crippen MR) is 76.6 cm³/mol. The molecule has 1 aromatic heterocycles. The summed E-state index contributed by atoms with van der Waals surface area (Å²) in [4.78, 5) is 4.33. The number of nitrogens with zero attached hydrogens (tertiary/aromatic N) is 1. The van der Waals surface area contributed by atoms with Crippen LogP contribution in [0.15, 0.2) is 29.8 Å². The quantitative estimate of drug-likeness (QED) is 0.852. The van der Waals surface area contributed by atoms with Gasteiger partial charge in [-0.15, -0.1) is 11.3 Å². The smallest absolute Gasteiger partial charge is 0.160 e. The first-order valence-electron chi connectivity index (χ1n) is 6.23. The van der Waals surface area contributed by atoms with Gasteiger partial charge < -0.3 is 15.2 Å². The number of aromatic hydroxyl groups is 1. The SMILES string of the molecule is CCC(NCc1ccc(OC)c(O)c1)c1nccs1. The highest BCUT2D eigenvalue weighted by Crippen LogP contribution is 2.26. The molecule has 19 heavy (non-hydrogen) atoms. The number of phenolic OH excluding ortho intramolecular Hbond substituents is 1. The summed E-state index contributed by atoms with van der Waals surface area (Å²) < 4.78 is 5.03. The molecule has 0 saturated carbocycles. The maximum Gasteiger partial charge on any atom is 0.160 e. The summed E-state index contributed by atoms with van der Waals surface area (Å²) in [7, 11) is 1.54. The lowest BCUT2D eigenvalue weighted by Crippen LogP contribution is -2.20. The van der Waals surface area contributed by atoms with Crippen molar-refractivity contribution in [1.29, 1.82) is 0 Å². The van der Waals surface area contributed by atoms with Gasteiger partial charge in [-0.2, -0.15) is 0 Å².